The summed E-state index contributed by atoms with van der Waals surface area (Å²) < 4.78 is 11.7. The first-order chi connectivity index (χ1) is 9.80. The van der Waals surface area contributed by atoms with Crippen LogP contribution in [0.15, 0.2) is 18.2 Å². The zero-order chi connectivity index (χ0) is 13.9. The topological polar surface area (TPSA) is 44.5 Å². The largest absolute Gasteiger partial charge is 0.490 e. The number of rotatable bonds is 6. The minimum Gasteiger partial charge on any atom is -0.490 e. The molecule has 2 saturated carbocycles. The molecule has 0 radical (unpaired) electrons. The van der Waals surface area contributed by atoms with E-state index in [1.165, 1.54) is 25.7 Å². The van der Waals surface area contributed by atoms with Crippen LogP contribution in [0.1, 0.15) is 38.2 Å². The fourth-order valence-corrected chi connectivity index (χ4v) is 3.84. The van der Waals surface area contributed by atoms with Gasteiger partial charge in [0.2, 0.25) is 0 Å². The van der Waals surface area contributed by atoms with Crippen LogP contribution in [0, 0.1) is 17.8 Å². The van der Waals surface area contributed by atoms with Gasteiger partial charge in [0.25, 0.3) is 0 Å². The Hall–Kier alpha value is -1.22. The van der Waals surface area contributed by atoms with Crippen molar-refractivity contribution in [2.45, 2.75) is 39.2 Å². The number of fused-ring (bicyclic) bond motifs is 2. The van der Waals surface area contributed by atoms with E-state index in [0.29, 0.717) is 13.2 Å². The lowest BCUT2D eigenvalue weighted by atomic mass is 9.89. The number of ether oxygens (including phenoxy) is 2. The maximum atomic E-state index is 6.06. The maximum absolute atomic E-state index is 6.06. The Morgan fingerprint density at radius 2 is 2.05 bits per heavy atom. The van der Waals surface area contributed by atoms with Crippen molar-refractivity contribution >= 4 is 0 Å². The van der Waals surface area contributed by atoms with Crippen molar-refractivity contribution in [3.8, 4) is 11.5 Å². The molecule has 0 aliphatic heterocycles. The first-order valence-electron chi connectivity index (χ1n) is 7.88. The van der Waals surface area contributed by atoms with Crippen molar-refractivity contribution in [2.24, 2.45) is 23.5 Å². The van der Waals surface area contributed by atoms with Crippen molar-refractivity contribution < 1.29 is 9.47 Å². The predicted octanol–water partition coefficient (Wildman–Crippen LogP) is 3.36. The maximum Gasteiger partial charge on any atom is 0.161 e. The van der Waals surface area contributed by atoms with Gasteiger partial charge in [-0.25, -0.2) is 0 Å². The van der Waals surface area contributed by atoms with Crippen molar-refractivity contribution in [1.29, 1.82) is 0 Å². The first kappa shape index (κ1) is 13.7. The van der Waals surface area contributed by atoms with Crippen molar-refractivity contribution in [3.05, 3.63) is 23.8 Å². The van der Waals surface area contributed by atoms with Crippen LogP contribution in [-0.2, 0) is 6.54 Å². The van der Waals surface area contributed by atoms with E-state index in [2.05, 4.69) is 0 Å². The molecule has 3 atom stereocenters. The SMILES string of the molecule is CCOc1cc(CN)ccc1OCC1CC2CCC1C2. The molecule has 2 fully saturated rings. The van der Waals surface area contributed by atoms with Gasteiger partial charge in [-0.3, -0.25) is 0 Å². The summed E-state index contributed by atoms with van der Waals surface area (Å²) in [7, 11) is 0. The summed E-state index contributed by atoms with van der Waals surface area (Å²) >= 11 is 0. The lowest BCUT2D eigenvalue weighted by Gasteiger charge is -2.22. The number of hydrogen-bond donors (Lipinski definition) is 1. The van der Waals surface area contributed by atoms with Gasteiger partial charge in [-0.2, -0.15) is 0 Å². The van der Waals surface area contributed by atoms with Crippen LogP contribution < -0.4 is 15.2 Å². The monoisotopic (exact) mass is 275 g/mol. The summed E-state index contributed by atoms with van der Waals surface area (Å²) in [5.41, 5.74) is 6.77. The van der Waals surface area contributed by atoms with E-state index in [-0.39, 0.29) is 0 Å². The molecular weight excluding hydrogens is 250 g/mol. The van der Waals surface area contributed by atoms with Gasteiger partial charge in [0.05, 0.1) is 13.2 Å². The van der Waals surface area contributed by atoms with E-state index >= 15 is 0 Å². The van der Waals surface area contributed by atoms with Gasteiger partial charge in [0.15, 0.2) is 11.5 Å². The Balaban J connectivity index is 1.64. The molecule has 3 unspecified atom stereocenters. The Labute approximate surface area is 121 Å². The Bertz CT molecular complexity index is 460. The molecule has 2 bridgehead atoms. The van der Waals surface area contributed by atoms with E-state index < -0.39 is 0 Å². The van der Waals surface area contributed by atoms with E-state index in [1.54, 1.807) is 0 Å². The average molecular weight is 275 g/mol. The molecule has 1 aromatic carbocycles. The van der Waals surface area contributed by atoms with Crippen LogP contribution in [0.4, 0.5) is 0 Å². The Morgan fingerprint density at radius 1 is 1.15 bits per heavy atom. The quantitative estimate of drug-likeness (QED) is 0.865. The molecule has 2 N–H and O–H groups in total. The summed E-state index contributed by atoms with van der Waals surface area (Å²) in [6, 6.07) is 6.03. The standard InChI is InChI=1S/C17H25NO2/c1-2-19-17-9-13(10-18)4-6-16(17)20-11-15-8-12-3-5-14(15)7-12/h4,6,9,12,14-15H,2-3,5,7-8,10-11,18H2,1H3. The predicted molar refractivity (Wildman–Crippen MR) is 79.9 cm³/mol. The summed E-state index contributed by atoms with van der Waals surface area (Å²) in [6.07, 6.45) is 5.63. The first-order valence-corrected chi connectivity index (χ1v) is 7.88. The number of benzene rings is 1. The van der Waals surface area contributed by atoms with Gasteiger partial charge in [-0.15, -0.1) is 0 Å². The van der Waals surface area contributed by atoms with Crippen LogP contribution in [0.3, 0.4) is 0 Å². The van der Waals surface area contributed by atoms with Crippen LogP contribution >= 0.6 is 0 Å². The van der Waals surface area contributed by atoms with Crippen molar-refractivity contribution in [1.82, 2.24) is 0 Å². The van der Waals surface area contributed by atoms with Gasteiger partial charge in [-0.1, -0.05) is 12.5 Å². The summed E-state index contributed by atoms with van der Waals surface area (Å²) in [5.74, 6) is 4.32. The highest BCUT2D eigenvalue weighted by molar-refractivity contribution is 5.43. The molecule has 0 saturated heterocycles. The third kappa shape index (κ3) is 2.78. The summed E-state index contributed by atoms with van der Waals surface area (Å²) in [5, 5.41) is 0. The van der Waals surface area contributed by atoms with E-state index in [1.807, 2.05) is 25.1 Å². The second-order valence-electron chi connectivity index (χ2n) is 6.16. The van der Waals surface area contributed by atoms with Gasteiger partial charge in [-0.05, 0) is 61.6 Å². The second kappa shape index (κ2) is 6.04. The fraction of sp³-hybridized carbons (Fsp3) is 0.647. The summed E-state index contributed by atoms with van der Waals surface area (Å²) in [6.45, 7) is 4.02. The van der Waals surface area contributed by atoms with E-state index in [0.717, 1.165) is 41.4 Å². The second-order valence-corrected chi connectivity index (χ2v) is 6.16. The highest BCUT2D eigenvalue weighted by Crippen LogP contribution is 2.48. The molecule has 1 aromatic rings. The van der Waals surface area contributed by atoms with Crippen molar-refractivity contribution in [3.63, 3.8) is 0 Å². The third-order valence-electron chi connectivity index (χ3n) is 4.88. The van der Waals surface area contributed by atoms with Gasteiger partial charge >= 0.3 is 0 Å². The Kier molecular flexibility index (Phi) is 4.16. The molecule has 3 heteroatoms. The molecule has 2 aliphatic carbocycles. The fourth-order valence-electron chi connectivity index (χ4n) is 3.84. The third-order valence-corrected chi connectivity index (χ3v) is 4.88. The minimum atomic E-state index is 0.534. The van der Waals surface area contributed by atoms with Crippen LogP contribution in [0.5, 0.6) is 11.5 Å². The molecule has 110 valence electrons. The number of nitrogens with two attached hydrogens (primary N) is 1. The molecule has 0 heterocycles. The average Bonchev–Trinajstić information content (AvgIpc) is 3.08. The van der Waals surface area contributed by atoms with Gasteiger partial charge in [0, 0.05) is 6.54 Å². The lowest BCUT2D eigenvalue weighted by molar-refractivity contribution is 0.187. The molecule has 2 aliphatic rings. The van der Waals surface area contributed by atoms with Crippen LogP contribution in [0.2, 0.25) is 0 Å². The molecule has 3 rings (SSSR count). The van der Waals surface area contributed by atoms with E-state index in [4.69, 9.17) is 15.2 Å². The summed E-state index contributed by atoms with van der Waals surface area (Å²) in [4.78, 5) is 0. The van der Waals surface area contributed by atoms with Gasteiger partial charge in [0.1, 0.15) is 0 Å². The smallest absolute Gasteiger partial charge is 0.161 e. The zero-order valence-corrected chi connectivity index (χ0v) is 12.3. The zero-order valence-electron chi connectivity index (χ0n) is 12.3. The molecule has 0 spiro atoms. The van der Waals surface area contributed by atoms with Crippen LogP contribution in [-0.4, -0.2) is 13.2 Å². The minimum absolute atomic E-state index is 0.534. The van der Waals surface area contributed by atoms with Crippen LogP contribution in [0.25, 0.3) is 0 Å². The lowest BCUT2D eigenvalue weighted by Crippen LogP contribution is -2.18. The van der Waals surface area contributed by atoms with E-state index in [9.17, 15) is 0 Å². The number of hydrogen-bond acceptors (Lipinski definition) is 3. The Morgan fingerprint density at radius 3 is 2.70 bits per heavy atom. The highest BCUT2D eigenvalue weighted by atomic mass is 16.5. The highest BCUT2D eigenvalue weighted by Gasteiger charge is 2.39. The normalized spacial score (nSPS) is 27.8. The van der Waals surface area contributed by atoms with Crippen molar-refractivity contribution in [2.75, 3.05) is 13.2 Å². The molecule has 0 aromatic heterocycles. The molecular formula is C17H25NO2. The molecule has 3 nitrogen and oxygen atoms in total. The van der Waals surface area contributed by atoms with Gasteiger partial charge < -0.3 is 15.2 Å². The molecule has 20 heavy (non-hydrogen) atoms. The molecule has 0 amide bonds.